The number of nitrogens with zero attached hydrogens (tertiary/aromatic N) is 1. The van der Waals surface area contributed by atoms with Crippen molar-refractivity contribution < 1.29 is 4.42 Å². The van der Waals surface area contributed by atoms with Crippen LogP contribution in [0, 0.1) is 0 Å². The molecule has 0 radical (unpaired) electrons. The van der Waals surface area contributed by atoms with Gasteiger partial charge in [0.1, 0.15) is 11.2 Å². The average molecular weight is 604 g/mol. The minimum absolute atomic E-state index is 0.256. The fourth-order valence-corrected chi connectivity index (χ4v) is 7.57. The SMILES string of the molecule is CC1(C)c2cc3oc4ccccc4c3cc2-c2cccc(N(c3ccc(-c4ccccc4)cc3)c3cccc(-c4ccccc4)c3)c21. The third kappa shape index (κ3) is 4.40. The van der Waals surface area contributed by atoms with Gasteiger partial charge in [0, 0.05) is 27.6 Å². The Hall–Kier alpha value is -5.86. The van der Waals surface area contributed by atoms with E-state index in [4.69, 9.17) is 4.42 Å². The van der Waals surface area contributed by atoms with Crippen LogP contribution in [0.4, 0.5) is 17.1 Å². The highest BCUT2D eigenvalue weighted by Crippen LogP contribution is 2.55. The van der Waals surface area contributed by atoms with Crippen molar-refractivity contribution in [1.82, 2.24) is 0 Å². The van der Waals surface area contributed by atoms with Crippen LogP contribution in [0.2, 0.25) is 0 Å². The van der Waals surface area contributed by atoms with Crippen LogP contribution >= 0.6 is 0 Å². The zero-order valence-corrected chi connectivity index (χ0v) is 26.4. The van der Waals surface area contributed by atoms with Crippen LogP contribution in [0.15, 0.2) is 168 Å². The highest BCUT2D eigenvalue weighted by molar-refractivity contribution is 6.08. The number of hydrogen-bond donors (Lipinski definition) is 0. The lowest BCUT2D eigenvalue weighted by Gasteiger charge is -2.32. The molecule has 0 N–H and O–H groups in total. The van der Waals surface area contributed by atoms with E-state index in [1.54, 1.807) is 0 Å². The average Bonchev–Trinajstić information content (AvgIpc) is 3.60. The number of fused-ring (bicyclic) bond motifs is 6. The topological polar surface area (TPSA) is 16.4 Å². The molecule has 2 heteroatoms. The summed E-state index contributed by atoms with van der Waals surface area (Å²) >= 11 is 0. The third-order valence-corrected chi connectivity index (χ3v) is 9.83. The fourth-order valence-electron chi connectivity index (χ4n) is 7.57. The molecule has 47 heavy (non-hydrogen) atoms. The van der Waals surface area contributed by atoms with Crippen molar-refractivity contribution in [2.24, 2.45) is 0 Å². The first-order chi connectivity index (χ1) is 23.1. The van der Waals surface area contributed by atoms with E-state index in [-0.39, 0.29) is 5.41 Å². The number of para-hydroxylation sites is 1. The van der Waals surface area contributed by atoms with Crippen LogP contribution in [0.3, 0.4) is 0 Å². The van der Waals surface area contributed by atoms with Crippen LogP contribution in [0.25, 0.3) is 55.3 Å². The molecule has 0 bridgehead atoms. The van der Waals surface area contributed by atoms with Crippen molar-refractivity contribution in [1.29, 1.82) is 0 Å². The van der Waals surface area contributed by atoms with Gasteiger partial charge in [-0.25, -0.2) is 0 Å². The van der Waals surface area contributed by atoms with E-state index >= 15 is 0 Å². The van der Waals surface area contributed by atoms with E-state index in [1.165, 1.54) is 50.2 Å². The number of benzene rings is 7. The maximum Gasteiger partial charge on any atom is 0.135 e. The second-order valence-electron chi connectivity index (χ2n) is 13.0. The van der Waals surface area contributed by atoms with Gasteiger partial charge in [-0.1, -0.05) is 129 Å². The highest BCUT2D eigenvalue weighted by atomic mass is 16.3. The molecule has 1 aliphatic carbocycles. The van der Waals surface area contributed by atoms with Crippen molar-refractivity contribution in [3.05, 3.63) is 175 Å². The molecule has 1 aliphatic rings. The zero-order valence-electron chi connectivity index (χ0n) is 26.4. The summed E-state index contributed by atoms with van der Waals surface area (Å²) in [4.78, 5) is 2.44. The lowest BCUT2D eigenvalue weighted by Crippen LogP contribution is -2.20. The molecule has 1 heterocycles. The van der Waals surface area contributed by atoms with Crippen LogP contribution < -0.4 is 4.90 Å². The van der Waals surface area contributed by atoms with Crippen molar-refractivity contribution in [3.8, 4) is 33.4 Å². The molecule has 0 saturated heterocycles. The van der Waals surface area contributed by atoms with Crippen LogP contribution in [0.1, 0.15) is 25.0 Å². The normalized spacial score (nSPS) is 13.1. The molecular weight excluding hydrogens is 571 g/mol. The predicted molar refractivity (Wildman–Crippen MR) is 197 cm³/mol. The Labute approximate surface area is 275 Å². The summed E-state index contributed by atoms with van der Waals surface area (Å²) in [7, 11) is 0. The molecular formula is C45H33NO. The van der Waals surface area contributed by atoms with Crippen LogP contribution in [0.5, 0.6) is 0 Å². The van der Waals surface area contributed by atoms with Crippen LogP contribution in [-0.2, 0) is 5.41 Å². The maximum atomic E-state index is 6.38. The zero-order chi connectivity index (χ0) is 31.5. The molecule has 0 unspecified atom stereocenters. The molecule has 0 aliphatic heterocycles. The van der Waals surface area contributed by atoms with Gasteiger partial charge < -0.3 is 9.32 Å². The number of hydrogen-bond acceptors (Lipinski definition) is 2. The summed E-state index contributed by atoms with van der Waals surface area (Å²) in [6.45, 7) is 4.71. The van der Waals surface area contributed by atoms with Crippen molar-refractivity contribution in [2.45, 2.75) is 19.3 Å². The predicted octanol–water partition coefficient (Wildman–Crippen LogP) is 12.7. The lowest BCUT2D eigenvalue weighted by atomic mass is 9.81. The molecule has 7 aromatic carbocycles. The van der Waals surface area contributed by atoms with Gasteiger partial charge in [0.25, 0.3) is 0 Å². The minimum atomic E-state index is -0.256. The standard InChI is InChI=1S/C45H33NO/c1-45(2)40-29-43-39(36-19-9-10-22-42(36)47-43)28-38(40)37-20-12-21-41(44(37)45)46(34-25-23-32(24-26-34)30-13-5-3-6-14-30)35-18-11-17-33(27-35)31-15-7-4-8-16-31/h3-29H,1-2H3. The molecule has 0 amide bonds. The molecule has 0 fully saturated rings. The number of rotatable bonds is 5. The molecule has 2 nitrogen and oxygen atoms in total. The Bertz CT molecular complexity index is 2420. The summed E-state index contributed by atoms with van der Waals surface area (Å²) in [6.07, 6.45) is 0. The first-order valence-electron chi connectivity index (χ1n) is 16.3. The summed E-state index contributed by atoms with van der Waals surface area (Å²) in [5.41, 5.74) is 15.0. The Kier molecular flexibility index (Phi) is 6.20. The maximum absolute atomic E-state index is 6.38. The van der Waals surface area contributed by atoms with Crippen molar-refractivity contribution >= 4 is 39.0 Å². The Morgan fingerprint density at radius 3 is 1.85 bits per heavy atom. The third-order valence-electron chi connectivity index (χ3n) is 9.83. The second kappa shape index (κ2) is 10.6. The minimum Gasteiger partial charge on any atom is -0.456 e. The Morgan fingerprint density at radius 1 is 0.447 bits per heavy atom. The molecule has 9 rings (SSSR count). The van der Waals surface area contributed by atoms with E-state index in [0.717, 1.165) is 33.3 Å². The summed E-state index contributed by atoms with van der Waals surface area (Å²) < 4.78 is 6.38. The molecule has 0 spiro atoms. The second-order valence-corrected chi connectivity index (χ2v) is 13.0. The van der Waals surface area contributed by atoms with E-state index in [1.807, 2.05) is 6.07 Å². The van der Waals surface area contributed by atoms with Gasteiger partial charge in [-0.2, -0.15) is 0 Å². The van der Waals surface area contributed by atoms with E-state index in [9.17, 15) is 0 Å². The molecule has 1 aromatic heterocycles. The van der Waals surface area contributed by atoms with Gasteiger partial charge in [-0.3, -0.25) is 0 Å². The van der Waals surface area contributed by atoms with Gasteiger partial charge in [0.15, 0.2) is 0 Å². The first-order valence-corrected chi connectivity index (χ1v) is 16.3. The van der Waals surface area contributed by atoms with Gasteiger partial charge in [-0.05, 0) is 93.0 Å². The van der Waals surface area contributed by atoms with E-state index in [0.29, 0.717) is 0 Å². The molecule has 0 saturated carbocycles. The monoisotopic (exact) mass is 603 g/mol. The first kappa shape index (κ1) is 27.5. The molecule has 8 aromatic rings. The quantitative estimate of drug-likeness (QED) is 0.195. The van der Waals surface area contributed by atoms with Gasteiger partial charge in [0.05, 0.1) is 5.69 Å². The largest absolute Gasteiger partial charge is 0.456 e. The van der Waals surface area contributed by atoms with E-state index < -0.39 is 0 Å². The summed E-state index contributed by atoms with van der Waals surface area (Å²) in [5, 5.41) is 2.32. The summed E-state index contributed by atoms with van der Waals surface area (Å²) in [5.74, 6) is 0. The highest BCUT2D eigenvalue weighted by Gasteiger charge is 2.39. The number of anilines is 3. The number of furan rings is 1. The van der Waals surface area contributed by atoms with Crippen LogP contribution in [-0.4, -0.2) is 0 Å². The molecule has 224 valence electrons. The van der Waals surface area contributed by atoms with Gasteiger partial charge in [-0.15, -0.1) is 0 Å². The summed E-state index contributed by atoms with van der Waals surface area (Å²) in [6, 6.07) is 58.9. The smallest absolute Gasteiger partial charge is 0.135 e. The molecule has 0 atom stereocenters. The van der Waals surface area contributed by atoms with Crippen molar-refractivity contribution in [3.63, 3.8) is 0 Å². The fraction of sp³-hybridized carbons (Fsp3) is 0.0667. The lowest BCUT2D eigenvalue weighted by molar-refractivity contribution is 0.647. The van der Waals surface area contributed by atoms with Gasteiger partial charge in [0.2, 0.25) is 0 Å². The van der Waals surface area contributed by atoms with Crippen molar-refractivity contribution in [2.75, 3.05) is 4.90 Å². The Balaban J connectivity index is 1.25. The van der Waals surface area contributed by atoms with Gasteiger partial charge >= 0.3 is 0 Å². The Morgan fingerprint density at radius 2 is 1.09 bits per heavy atom. The van der Waals surface area contributed by atoms with E-state index in [2.05, 4.69) is 176 Å².